The molecule has 0 aliphatic heterocycles. The van der Waals surface area contributed by atoms with Crippen molar-refractivity contribution >= 4 is 23.7 Å². The Bertz CT molecular complexity index is 885. The molecule has 7 nitrogen and oxygen atoms in total. The number of carbonyl (C=O) groups is 4. The molecule has 0 saturated heterocycles. The minimum Gasteiger partial charge on any atom is -0.452 e. The van der Waals surface area contributed by atoms with E-state index >= 15 is 0 Å². The van der Waals surface area contributed by atoms with Crippen LogP contribution in [0.2, 0.25) is 0 Å². The van der Waals surface area contributed by atoms with Crippen LogP contribution in [-0.2, 0) is 9.53 Å². The number of urea groups is 1. The predicted octanol–water partition coefficient (Wildman–Crippen LogP) is 2.70. The van der Waals surface area contributed by atoms with Crippen LogP contribution in [0.5, 0.6) is 0 Å². The Morgan fingerprint density at radius 2 is 1.43 bits per heavy atom. The molecule has 0 saturated carbocycles. The van der Waals surface area contributed by atoms with Crippen molar-refractivity contribution in [3.05, 3.63) is 71.3 Å². The van der Waals surface area contributed by atoms with Gasteiger partial charge in [-0.1, -0.05) is 48.5 Å². The minimum absolute atomic E-state index is 0.0447. The second-order valence-corrected chi connectivity index (χ2v) is 7.07. The van der Waals surface area contributed by atoms with Crippen LogP contribution in [0.15, 0.2) is 54.6 Å². The normalized spacial score (nSPS) is 10.7. The predicted molar refractivity (Wildman–Crippen MR) is 103 cm³/mol. The van der Waals surface area contributed by atoms with Crippen molar-refractivity contribution in [3.63, 3.8) is 0 Å². The van der Waals surface area contributed by atoms with Gasteiger partial charge in [-0.2, -0.15) is 0 Å². The Labute approximate surface area is 163 Å². The van der Waals surface area contributed by atoms with Gasteiger partial charge in [0, 0.05) is 16.7 Å². The van der Waals surface area contributed by atoms with Crippen molar-refractivity contribution in [2.75, 3.05) is 6.61 Å². The number of imide groups is 1. The minimum atomic E-state index is -0.828. The highest BCUT2D eigenvalue weighted by Gasteiger charge is 2.21. The zero-order chi connectivity index (χ0) is 20.7. The van der Waals surface area contributed by atoms with Gasteiger partial charge in [0.2, 0.25) is 0 Å². The summed E-state index contributed by atoms with van der Waals surface area (Å²) in [6.45, 7) is 4.64. The molecule has 0 spiro atoms. The number of hydrogen-bond acceptors (Lipinski definition) is 5. The van der Waals surface area contributed by atoms with Crippen LogP contribution in [-0.4, -0.2) is 35.8 Å². The van der Waals surface area contributed by atoms with Gasteiger partial charge in [-0.05, 0) is 26.8 Å². The molecule has 2 aromatic rings. The molecule has 146 valence electrons. The molecule has 0 fully saturated rings. The highest BCUT2D eigenvalue weighted by molar-refractivity contribution is 6.14. The first-order valence-corrected chi connectivity index (χ1v) is 8.65. The van der Waals surface area contributed by atoms with Gasteiger partial charge in [0.1, 0.15) is 0 Å². The van der Waals surface area contributed by atoms with Crippen LogP contribution in [0.25, 0.3) is 0 Å². The summed E-state index contributed by atoms with van der Waals surface area (Å²) < 4.78 is 4.96. The van der Waals surface area contributed by atoms with Gasteiger partial charge in [0.25, 0.3) is 5.91 Å². The van der Waals surface area contributed by atoms with Gasteiger partial charge < -0.3 is 10.1 Å². The van der Waals surface area contributed by atoms with E-state index in [9.17, 15) is 19.2 Å². The topological polar surface area (TPSA) is 102 Å². The van der Waals surface area contributed by atoms with Crippen LogP contribution in [0.1, 0.15) is 47.1 Å². The first kappa shape index (κ1) is 20.8. The van der Waals surface area contributed by atoms with Gasteiger partial charge in [-0.25, -0.2) is 9.59 Å². The van der Waals surface area contributed by atoms with Gasteiger partial charge in [0.15, 0.2) is 12.4 Å². The van der Waals surface area contributed by atoms with E-state index in [0.717, 1.165) is 0 Å². The zero-order valence-electron chi connectivity index (χ0n) is 15.9. The molecule has 28 heavy (non-hydrogen) atoms. The van der Waals surface area contributed by atoms with E-state index in [1.54, 1.807) is 63.2 Å². The number of carbonyl (C=O) groups excluding carboxylic acids is 4. The lowest BCUT2D eigenvalue weighted by Crippen LogP contribution is -2.49. The summed E-state index contributed by atoms with van der Waals surface area (Å²) in [5, 5.41) is 4.63. The average Bonchev–Trinajstić information content (AvgIpc) is 2.64. The number of amides is 3. The maximum absolute atomic E-state index is 12.6. The summed E-state index contributed by atoms with van der Waals surface area (Å²) in [4.78, 5) is 48.5. The number of hydrogen-bond donors (Lipinski definition) is 2. The fourth-order valence-electron chi connectivity index (χ4n) is 2.35. The third-order valence-electron chi connectivity index (χ3n) is 3.50. The van der Waals surface area contributed by atoms with Crippen molar-refractivity contribution in [1.29, 1.82) is 0 Å². The smallest absolute Gasteiger partial charge is 0.339 e. The molecule has 2 aromatic carbocycles. The Kier molecular flexibility index (Phi) is 6.65. The van der Waals surface area contributed by atoms with Gasteiger partial charge in [-0.15, -0.1) is 0 Å². The molecule has 2 rings (SSSR count). The number of ketones is 1. The van der Waals surface area contributed by atoms with Crippen molar-refractivity contribution in [2.24, 2.45) is 0 Å². The molecule has 2 N–H and O–H groups in total. The summed E-state index contributed by atoms with van der Waals surface area (Å²) in [7, 11) is 0. The number of ether oxygens (including phenoxy) is 1. The lowest BCUT2D eigenvalue weighted by molar-refractivity contribution is -0.123. The van der Waals surface area contributed by atoms with Crippen LogP contribution in [0.4, 0.5) is 4.79 Å². The van der Waals surface area contributed by atoms with Gasteiger partial charge in [-0.3, -0.25) is 14.9 Å². The fraction of sp³-hybridized carbons (Fsp3) is 0.238. The van der Waals surface area contributed by atoms with E-state index in [1.807, 2.05) is 0 Å². The molecule has 7 heteroatoms. The molecule has 0 aliphatic rings. The maximum atomic E-state index is 12.6. The van der Waals surface area contributed by atoms with Crippen molar-refractivity contribution < 1.29 is 23.9 Å². The zero-order valence-corrected chi connectivity index (χ0v) is 15.9. The molecule has 0 aromatic heterocycles. The lowest BCUT2D eigenvalue weighted by atomic mass is 9.98. The van der Waals surface area contributed by atoms with Crippen molar-refractivity contribution in [1.82, 2.24) is 10.6 Å². The number of nitrogens with one attached hydrogen (secondary N) is 2. The highest BCUT2D eigenvalue weighted by Crippen LogP contribution is 2.15. The number of benzene rings is 2. The Morgan fingerprint density at radius 1 is 0.857 bits per heavy atom. The molecule has 3 amide bonds. The van der Waals surface area contributed by atoms with E-state index in [1.165, 1.54) is 12.1 Å². The summed E-state index contributed by atoms with van der Waals surface area (Å²) in [5.74, 6) is -1.93. The fourth-order valence-corrected chi connectivity index (χ4v) is 2.35. The van der Waals surface area contributed by atoms with Crippen LogP contribution < -0.4 is 10.6 Å². The van der Waals surface area contributed by atoms with Crippen LogP contribution in [0, 0.1) is 0 Å². The number of esters is 1. The Morgan fingerprint density at radius 3 is 2.04 bits per heavy atom. The second-order valence-electron chi connectivity index (χ2n) is 7.07. The van der Waals surface area contributed by atoms with E-state index < -0.39 is 30.1 Å². The summed E-state index contributed by atoms with van der Waals surface area (Å²) >= 11 is 0. The summed E-state index contributed by atoms with van der Waals surface area (Å²) in [5.41, 5.74) is 0.129. The third-order valence-corrected chi connectivity index (χ3v) is 3.50. The molecular weight excluding hydrogens is 360 g/mol. The molecule has 0 radical (unpaired) electrons. The molecule has 0 heterocycles. The van der Waals surface area contributed by atoms with E-state index in [4.69, 9.17) is 4.74 Å². The highest BCUT2D eigenvalue weighted by atomic mass is 16.5. The van der Waals surface area contributed by atoms with Gasteiger partial charge >= 0.3 is 12.0 Å². The van der Waals surface area contributed by atoms with Gasteiger partial charge in [0.05, 0.1) is 5.56 Å². The van der Waals surface area contributed by atoms with Crippen LogP contribution >= 0.6 is 0 Å². The van der Waals surface area contributed by atoms with E-state index in [-0.39, 0.29) is 16.9 Å². The standard InChI is InChI=1S/C21H22N2O5/c1-21(2,3)23-20(27)22-17(24)13-28-19(26)16-12-8-7-11-15(16)18(25)14-9-5-4-6-10-14/h4-12H,13H2,1-3H3,(H2,22,23,24,27). The Hall–Kier alpha value is -3.48. The largest absolute Gasteiger partial charge is 0.452 e. The Balaban J connectivity index is 2.03. The third kappa shape index (κ3) is 6.05. The maximum Gasteiger partial charge on any atom is 0.339 e. The average molecular weight is 382 g/mol. The quantitative estimate of drug-likeness (QED) is 0.612. The van der Waals surface area contributed by atoms with Crippen LogP contribution in [0.3, 0.4) is 0 Å². The molecule has 0 aliphatic carbocycles. The second kappa shape index (κ2) is 8.94. The molecule has 0 atom stereocenters. The molecular formula is C21H22N2O5. The van der Waals surface area contributed by atoms with E-state index in [0.29, 0.717) is 5.56 Å². The van der Waals surface area contributed by atoms with Crippen molar-refractivity contribution in [3.8, 4) is 0 Å². The van der Waals surface area contributed by atoms with Crippen molar-refractivity contribution in [2.45, 2.75) is 26.3 Å². The molecule has 0 unspecified atom stereocenters. The number of rotatable bonds is 5. The first-order chi connectivity index (χ1) is 13.2. The lowest BCUT2D eigenvalue weighted by Gasteiger charge is -2.20. The summed E-state index contributed by atoms with van der Waals surface area (Å²) in [6, 6.07) is 14.0. The molecule has 0 bridgehead atoms. The SMILES string of the molecule is CC(C)(C)NC(=O)NC(=O)COC(=O)c1ccccc1C(=O)c1ccccc1. The summed E-state index contributed by atoms with van der Waals surface area (Å²) in [6.07, 6.45) is 0. The first-order valence-electron chi connectivity index (χ1n) is 8.65. The monoisotopic (exact) mass is 382 g/mol. The van der Waals surface area contributed by atoms with E-state index in [2.05, 4.69) is 10.6 Å².